The number of pyridine rings is 1. The van der Waals surface area contributed by atoms with Gasteiger partial charge in [-0.3, -0.25) is 4.98 Å². The number of hydrogen-bond donors (Lipinski definition) is 2. The number of halogens is 3. The molecule has 2 heterocycles. The van der Waals surface area contributed by atoms with E-state index in [0.717, 1.165) is 43.4 Å². The number of benzene rings is 1. The van der Waals surface area contributed by atoms with E-state index in [-0.39, 0.29) is 17.5 Å². The van der Waals surface area contributed by atoms with Crippen LogP contribution in [0.3, 0.4) is 0 Å². The van der Waals surface area contributed by atoms with E-state index in [4.69, 9.17) is 0 Å². The van der Waals surface area contributed by atoms with Gasteiger partial charge in [-0.15, -0.1) is 0 Å². The summed E-state index contributed by atoms with van der Waals surface area (Å²) in [5.74, 6) is -3.41. The largest absolute Gasteiger partial charge is 0.351 e. The lowest BCUT2D eigenvalue weighted by Crippen LogP contribution is -2.23. The van der Waals surface area contributed by atoms with Gasteiger partial charge in [0.15, 0.2) is 17.5 Å². The summed E-state index contributed by atoms with van der Waals surface area (Å²) in [6.07, 6.45) is 8.88. The molecule has 1 saturated carbocycles. The van der Waals surface area contributed by atoms with Crippen molar-refractivity contribution in [2.45, 2.75) is 38.1 Å². The van der Waals surface area contributed by atoms with Crippen LogP contribution in [0.1, 0.15) is 32.1 Å². The molecule has 0 saturated heterocycles. The van der Waals surface area contributed by atoms with Crippen LogP contribution in [-0.2, 0) is 0 Å². The molecule has 0 amide bonds. The molecule has 8 heteroatoms. The van der Waals surface area contributed by atoms with E-state index in [0.29, 0.717) is 11.6 Å². The van der Waals surface area contributed by atoms with Crippen molar-refractivity contribution in [2.75, 3.05) is 10.6 Å². The molecule has 2 aromatic heterocycles. The van der Waals surface area contributed by atoms with Crippen LogP contribution in [0.2, 0.25) is 0 Å². The third-order valence-electron chi connectivity index (χ3n) is 4.92. The molecular weight excluding hydrogens is 379 g/mol. The van der Waals surface area contributed by atoms with Gasteiger partial charge in [0.2, 0.25) is 5.95 Å². The van der Waals surface area contributed by atoms with Crippen molar-refractivity contribution in [2.24, 2.45) is 0 Å². The van der Waals surface area contributed by atoms with Gasteiger partial charge in [-0.1, -0.05) is 19.3 Å². The molecule has 0 unspecified atom stereocenters. The van der Waals surface area contributed by atoms with Crippen LogP contribution in [0.4, 0.5) is 30.6 Å². The molecule has 0 aliphatic heterocycles. The molecule has 4 rings (SSSR count). The summed E-state index contributed by atoms with van der Waals surface area (Å²) in [4.78, 5) is 13.1. The molecule has 0 atom stereocenters. The maximum absolute atomic E-state index is 14.1. The molecule has 2 N–H and O–H groups in total. The second-order valence-electron chi connectivity index (χ2n) is 7.03. The zero-order valence-electron chi connectivity index (χ0n) is 15.6. The Kier molecular flexibility index (Phi) is 5.59. The zero-order chi connectivity index (χ0) is 20.2. The van der Waals surface area contributed by atoms with E-state index >= 15 is 0 Å². The van der Waals surface area contributed by atoms with Gasteiger partial charge >= 0.3 is 0 Å². The molecule has 3 aromatic rings. The minimum Gasteiger partial charge on any atom is -0.351 e. The van der Waals surface area contributed by atoms with Crippen LogP contribution in [0, 0.1) is 17.5 Å². The fourth-order valence-corrected chi connectivity index (χ4v) is 3.43. The maximum Gasteiger partial charge on any atom is 0.225 e. The third-order valence-corrected chi connectivity index (χ3v) is 4.92. The van der Waals surface area contributed by atoms with E-state index < -0.39 is 17.5 Å². The Morgan fingerprint density at radius 3 is 2.52 bits per heavy atom. The summed E-state index contributed by atoms with van der Waals surface area (Å²) in [5, 5.41) is 6.08. The highest BCUT2D eigenvalue weighted by Gasteiger charge is 2.17. The molecule has 5 nitrogen and oxygen atoms in total. The first-order chi connectivity index (χ1) is 14.1. The van der Waals surface area contributed by atoms with Crippen LogP contribution >= 0.6 is 0 Å². The third kappa shape index (κ3) is 4.47. The summed E-state index contributed by atoms with van der Waals surface area (Å²) < 4.78 is 40.9. The second kappa shape index (κ2) is 8.46. The van der Waals surface area contributed by atoms with Crippen molar-refractivity contribution in [3.05, 3.63) is 60.2 Å². The van der Waals surface area contributed by atoms with Gasteiger partial charge in [0.1, 0.15) is 5.82 Å². The van der Waals surface area contributed by atoms with Crippen LogP contribution in [0.15, 0.2) is 42.7 Å². The number of aromatic nitrogens is 3. The molecule has 0 bridgehead atoms. The molecule has 0 radical (unpaired) electrons. The Hall–Kier alpha value is -3.16. The van der Waals surface area contributed by atoms with Gasteiger partial charge in [-0.05, 0) is 37.1 Å². The summed E-state index contributed by atoms with van der Waals surface area (Å²) in [6.45, 7) is 0. The van der Waals surface area contributed by atoms with Crippen molar-refractivity contribution in [1.29, 1.82) is 0 Å². The molecule has 29 heavy (non-hydrogen) atoms. The summed E-state index contributed by atoms with van der Waals surface area (Å²) in [6, 6.07) is 7.51. The Balaban J connectivity index is 1.68. The molecule has 0 spiro atoms. The fourth-order valence-electron chi connectivity index (χ4n) is 3.43. The monoisotopic (exact) mass is 399 g/mol. The van der Waals surface area contributed by atoms with Crippen molar-refractivity contribution in [3.8, 4) is 11.3 Å². The fraction of sp³-hybridized carbons (Fsp3) is 0.286. The molecule has 1 aliphatic rings. The molecular formula is C21H20F3N5. The lowest BCUT2D eigenvalue weighted by Gasteiger charge is -2.23. The Morgan fingerprint density at radius 1 is 0.931 bits per heavy atom. The quantitative estimate of drug-likeness (QED) is 0.559. The lowest BCUT2D eigenvalue weighted by molar-refractivity contribution is 0.449. The smallest absolute Gasteiger partial charge is 0.225 e. The lowest BCUT2D eigenvalue weighted by atomic mass is 9.96. The highest BCUT2D eigenvalue weighted by Crippen LogP contribution is 2.27. The number of rotatable bonds is 5. The minimum atomic E-state index is -1.53. The van der Waals surface area contributed by atoms with Crippen molar-refractivity contribution < 1.29 is 13.2 Å². The first-order valence-corrected chi connectivity index (χ1v) is 9.56. The van der Waals surface area contributed by atoms with Crippen LogP contribution in [0.5, 0.6) is 0 Å². The van der Waals surface area contributed by atoms with Crippen molar-refractivity contribution >= 4 is 17.5 Å². The average Bonchev–Trinajstić information content (AvgIpc) is 2.75. The standard InChI is InChI=1S/C21H20F3N5/c22-15-8-9-16(20(24)19(15)23)27-18-11-17(13-5-4-10-25-12-13)28-21(29-18)26-14-6-2-1-3-7-14/h4-5,8-12,14H,1-3,6-7H2,(H2,26,27,28,29). The number of anilines is 3. The predicted octanol–water partition coefficient (Wildman–Crippen LogP) is 5.44. The first-order valence-electron chi connectivity index (χ1n) is 9.56. The Morgan fingerprint density at radius 2 is 1.76 bits per heavy atom. The minimum absolute atomic E-state index is 0.205. The Bertz CT molecular complexity index is 991. The summed E-state index contributed by atoms with van der Waals surface area (Å²) in [5.41, 5.74) is 1.13. The average molecular weight is 399 g/mol. The van der Waals surface area contributed by atoms with Gasteiger partial charge in [0.25, 0.3) is 0 Å². The van der Waals surface area contributed by atoms with Gasteiger partial charge in [-0.25, -0.2) is 18.2 Å². The van der Waals surface area contributed by atoms with E-state index in [1.807, 2.05) is 6.07 Å². The van der Waals surface area contributed by atoms with Gasteiger partial charge in [0.05, 0.1) is 11.4 Å². The number of hydrogen-bond acceptors (Lipinski definition) is 5. The van der Waals surface area contributed by atoms with E-state index in [9.17, 15) is 13.2 Å². The van der Waals surface area contributed by atoms with Crippen molar-refractivity contribution in [3.63, 3.8) is 0 Å². The number of nitrogens with one attached hydrogen (secondary N) is 2. The van der Waals surface area contributed by atoms with Gasteiger partial charge in [-0.2, -0.15) is 4.98 Å². The zero-order valence-corrected chi connectivity index (χ0v) is 15.6. The van der Waals surface area contributed by atoms with Gasteiger partial charge < -0.3 is 10.6 Å². The number of nitrogens with zero attached hydrogens (tertiary/aromatic N) is 3. The SMILES string of the molecule is Fc1ccc(Nc2cc(-c3cccnc3)nc(NC3CCCCC3)n2)c(F)c1F. The predicted molar refractivity (Wildman–Crippen MR) is 105 cm³/mol. The Labute approximate surface area is 166 Å². The second-order valence-corrected chi connectivity index (χ2v) is 7.03. The molecule has 1 aromatic carbocycles. The van der Waals surface area contributed by atoms with Gasteiger partial charge in [0, 0.05) is 30.1 Å². The highest BCUT2D eigenvalue weighted by atomic mass is 19.2. The molecule has 1 aliphatic carbocycles. The normalized spacial score (nSPS) is 14.6. The van der Waals surface area contributed by atoms with E-state index in [1.165, 1.54) is 6.42 Å². The molecule has 1 fully saturated rings. The van der Waals surface area contributed by atoms with Crippen LogP contribution < -0.4 is 10.6 Å². The summed E-state index contributed by atoms with van der Waals surface area (Å²) in [7, 11) is 0. The van der Waals surface area contributed by atoms with Crippen LogP contribution in [-0.4, -0.2) is 21.0 Å². The maximum atomic E-state index is 14.1. The van der Waals surface area contributed by atoms with Crippen molar-refractivity contribution in [1.82, 2.24) is 15.0 Å². The first kappa shape index (κ1) is 19.2. The van der Waals surface area contributed by atoms with E-state index in [1.54, 1.807) is 24.5 Å². The van der Waals surface area contributed by atoms with E-state index in [2.05, 4.69) is 25.6 Å². The molecule has 150 valence electrons. The highest BCUT2D eigenvalue weighted by molar-refractivity contribution is 5.67. The topological polar surface area (TPSA) is 62.7 Å². The summed E-state index contributed by atoms with van der Waals surface area (Å²) >= 11 is 0. The van der Waals surface area contributed by atoms with Crippen LogP contribution in [0.25, 0.3) is 11.3 Å².